The molecule has 0 saturated heterocycles. The number of hydrogen-bond acceptors (Lipinski definition) is 0. The van der Waals surface area contributed by atoms with Crippen LogP contribution in [0.3, 0.4) is 0 Å². The first-order valence-electron chi connectivity index (χ1n) is 4.12. The number of allylic oxidation sites excluding steroid dienone is 1. The normalized spacial score (nSPS) is 11.9. The van der Waals surface area contributed by atoms with Gasteiger partial charge in [0.1, 0.15) is 0 Å². The van der Waals surface area contributed by atoms with E-state index in [1.165, 1.54) is 5.57 Å². The summed E-state index contributed by atoms with van der Waals surface area (Å²) in [5, 5.41) is 0. The standard InChI is InChI=1S/C10H21P.ClH/c1-9(2,3)8(7-11)10(4,5)6;/h7H,11H2,1-6H3;1H. The molecule has 0 bridgehead atoms. The highest BCUT2D eigenvalue weighted by atomic mass is 35.5. The van der Waals surface area contributed by atoms with E-state index in [9.17, 15) is 0 Å². The van der Waals surface area contributed by atoms with Crippen LogP contribution in [-0.2, 0) is 0 Å². The Bertz CT molecular complexity index is 142. The molecule has 2 heteroatoms. The Hall–Kier alpha value is 0.460. The molecule has 0 aliphatic heterocycles. The molecule has 0 aliphatic carbocycles. The molecule has 0 fully saturated rings. The van der Waals surface area contributed by atoms with Gasteiger partial charge < -0.3 is 0 Å². The Labute approximate surface area is 85.8 Å². The molecule has 0 N–H and O–H groups in total. The number of halogens is 1. The average Bonchev–Trinajstić information content (AvgIpc) is 1.56. The Morgan fingerprint density at radius 1 is 0.917 bits per heavy atom. The maximum atomic E-state index is 2.71. The van der Waals surface area contributed by atoms with Crippen molar-refractivity contribution in [2.45, 2.75) is 41.5 Å². The van der Waals surface area contributed by atoms with Crippen molar-refractivity contribution >= 4 is 21.6 Å². The van der Waals surface area contributed by atoms with Crippen LogP contribution in [0.4, 0.5) is 0 Å². The van der Waals surface area contributed by atoms with Crippen molar-refractivity contribution in [2.75, 3.05) is 0 Å². The van der Waals surface area contributed by atoms with Crippen LogP contribution in [0, 0.1) is 10.8 Å². The van der Waals surface area contributed by atoms with E-state index in [0.717, 1.165) is 0 Å². The predicted molar refractivity (Wildman–Crippen MR) is 64.0 cm³/mol. The minimum atomic E-state index is 0. The third-order valence-corrected chi connectivity index (χ3v) is 2.12. The van der Waals surface area contributed by atoms with Gasteiger partial charge in [-0.2, -0.15) is 0 Å². The average molecular weight is 209 g/mol. The van der Waals surface area contributed by atoms with Crippen molar-refractivity contribution in [3.8, 4) is 0 Å². The van der Waals surface area contributed by atoms with E-state index in [-0.39, 0.29) is 12.4 Å². The summed E-state index contributed by atoms with van der Waals surface area (Å²) in [6.45, 7) is 13.5. The van der Waals surface area contributed by atoms with E-state index >= 15 is 0 Å². The van der Waals surface area contributed by atoms with Gasteiger partial charge in [-0.05, 0) is 10.8 Å². The molecule has 0 saturated carbocycles. The van der Waals surface area contributed by atoms with Crippen LogP contribution in [0.1, 0.15) is 41.5 Å². The van der Waals surface area contributed by atoms with Gasteiger partial charge in [0.15, 0.2) is 0 Å². The number of hydrogen-bond donors (Lipinski definition) is 0. The fourth-order valence-electron chi connectivity index (χ4n) is 1.62. The van der Waals surface area contributed by atoms with Crippen LogP contribution in [0.25, 0.3) is 0 Å². The van der Waals surface area contributed by atoms with Crippen molar-refractivity contribution in [1.82, 2.24) is 0 Å². The molecule has 0 heterocycles. The summed E-state index contributed by atoms with van der Waals surface area (Å²) in [5.74, 6) is 2.17. The molecule has 0 rings (SSSR count). The third-order valence-electron chi connectivity index (χ3n) is 1.78. The molecular formula is C10H22ClP. The largest absolute Gasteiger partial charge is 0.147 e. The van der Waals surface area contributed by atoms with Crippen LogP contribution in [0.15, 0.2) is 11.4 Å². The highest BCUT2D eigenvalue weighted by Gasteiger charge is 2.26. The molecule has 0 spiro atoms. The quantitative estimate of drug-likeness (QED) is 0.522. The van der Waals surface area contributed by atoms with Gasteiger partial charge in [-0.25, -0.2) is 0 Å². The zero-order valence-corrected chi connectivity index (χ0v) is 11.0. The van der Waals surface area contributed by atoms with E-state index in [1.54, 1.807) is 0 Å². The summed E-state index contributed by atoms with van der Waals surface area (Å²) in [5.41, 5.74) is 2.08. The summed E-state index contributed by atoms with van der Waals surface area (Å²) < 4.78 is 0. The third kappa shape index (κ3) is 4.48. The van der Waals surface area contributed by atoms with Crippen LogP contribution >= 0.6 is 21.6 Å². The summed E-state index contributed by atoms with van der Waals surface area (Å²) in [6.07, 6.45) is 0. The zero-order valence-electron chi connectivity index (χ0n) is 9.06. The van der Waals surface area contributed by atoms with Crippen LogP contribution < -0.4 is 0 Å². The molecule has 0 nitrogen and oxygen atoms in total. The van der Waals surface area contributed by atoms with E-state index in [4.69, 9.17) is 0 Å². The maximum absolute atomic E-state index is 2.71. The SMILES string of the molecule is CC(C)(C)C(=CP)C(C)(C)C.Cl. The van der Waals surface area contributed by atoms with Crippen molar-refractivity contribution in [2.24, 2.45) is 10.8 Å². The summed E-state index contributed by atoms with van der Waals surface area (Å²) >= 11 is 0. The van der Waals surface area contributed by atoms with Gasteiger partial charge in [0.25, 0.3) is 0 Å². The van der Waals surface area contributed by atoms with Crippen LogP contribution in [-0.4, -0.2) is 0 Å². The van der Waals surface area contributed by atoms with Gasteiger partial charge in [0.05, 0.1) is 0 Å². The Morgan fingerprint density at radius 3 is 1.17 bits per heavy atom. The van der Waals surface area contributed by atoms with Gasteiger partial charge in [0.2, 0.25) is 0 Å². The smallest absolute Gasteiger partial charge is 0.0164 e. The molecule has 1 unspecified atom stereocenters. The van der Waals surface area contributed by atoms with Gasteiger partial charge in [-0.1, -0.05) is 52.9 Å². The van der Waals surface area contributed by atoms with Crippen LogP contribution in [0.5, 0.6) is 0 Å². The molecule has 0 amide bonds. The van der Waals surface area contributed by atoms with Gasteiger partial charge >= 0.3 is 0 Å². The lowest BCUT2D eigenvalue weighted by Gasteiger charge is -2.33. The zero-order chi connectivity index (χ0) is 9.28. The second-order valence-corrected chi connectivity index (χ2v) is 5.41. The molecular weight excluding hydrogens is 187 g/mol. The van der Waals surface area contributed by atoms with Crippen molar-refractivity contribution in [1.29, 1.82) is 0 Å². The first-order chi connectivity index (χ1) is 4.69. The first-order valence-corrected chi connectivity index (χ1v) is 4.79. The molecule has 0 aromatic rings. The molecule has 0 aromatic carbocycles. The summed E-state index contributed by atoms with van der Waals surface area (Å²) in [7, 11) is 2.71. The van der Waals surface area contributed by atoms with E-state index in [2.05, 4.69) is 56.6 Å². The second kappa shape index (κ2) is 4.63. The summed E-state index contributed by atoms with van der Waals surface area (Å²) in [4.78, 5) is 0. The van der Waals surface area contributed by atoms with E-state index in [1.807, 2.05) is 0 Å². The topological polar surface area (TPSA) is 0 Å². The lowest BCUT2D eigenvalue weighted by atomic mass is 9.73. The summed E-state index contributed by atoms with van der Waals surface area (Å²) in [6, 6.07) is 0. The highest BCUT2D eigenvalue weighted by Crippen LogP contribution is 2.39. The minimum absolute atomic E-state index is 0. The van der Waals surface area contributed by atoms with Crippen molar-refractivity contribution in [3.05, 3.63) is 11.4 Å². The lowest BCUT2D eigenvalue weighted by molar-refractivity contribution is 0.364. The molecule has 74 valence electrons. The molecule has 0 aliphatic rings. The monoisotopic (exact) mass is 208 g/mol. The Kier molecular flexibility index (Phi) is 5.77. The van der Waals surface area contributed by atoms with Crippen molar-refractivity contribution < 1.29 is 0 Å². The Balaban J connectivity index is 0. The predicted octanol–water partition coefficient (Wildman–Crippen LogP) is 4.26. The second-order valence-electron chi connectivity index (χ2n) is 5.08. The number of rotatable bonds is 0. The Morgan fingerprint density at radius 2 is 1.17 bits per heavy atom. The fraction of sp³-hybridized carbons (Fsp3) is 0.800. The van der Waals surface area contributed by atoms with Gasteiger partial charge in [0, 0.05) is 0 Å². The maximum Gasteiger partial charge on any atom is -0.0164 e. The van der Waals surface area contributed by atoms with Gasteiger partial charge in [-0.15, -0.1) is 21.6 Å². The lowest BCUT2D eigenvalue weighted by Crippen LogP contribution is -2.21. The highest BCUT2D eigenvalue weighted by molar-refractivity contribution is 7.20. The fourth-order valence-corrected chi connectivity index (χ4v) is 2.62. The van der Waals surface area contributed by atoms with Crippen molar-refractivity contribution in [3.63, 3.8) is 0 Å². The molecule has 0 radical (unpaired) electrons. The minimum Gasteiger partial charge on any atom is -0.147 e. The van der Waals surface area contributed by atoms with E-state index < -0.39 is 0 Å². The van der Waals surface area contributed by atoms with Gasteiger partial charge in [-0.3, -0.25) is 0 Å². The molecule has 12 heavy (non-hydrogen) atoms. The van der Waals surface area contributed by atoms with Crippen LogP contribution in [0.2, 0.25) is 0 Å². The molecule has 1 atom stereocenters. The first kappa shape index (κ1) is 15.0. The van der Waals surface area contributed by atoms with E-state index in [0.29, 0.717) is 10.8 Å². The molecule has 0 aromatic heterocycles.